The lowest BCUT2D eigenvalue weighted by Crippen LogP contribution is -2.39. The van der Waals surface area contributed by atoms with E-state index >= 15 is 0 Å². The molecule has 190 valence electrons. The summed E-state index contributed by atoms with van der Waals surface area (Å²) in [4.78, 5) is 32.0. The lowest BCUT2D eigenvalue weighted by molar-refractivity contribution is -0.151. The zero-order valence-electron chi connectivity index (χ0n) is 22.0. The minimum atomic E-state index is -0.623. The Morgan fingerprint density at radius 1 is 1.00 bits per heavy atom. The second-order valence-electron chi connectivity index (χ2n) is 9.78. The Balaban J connectivity index is 1.76. The van der Waals surface area contributed by atoms with E-state index in [0.29, 0.717) is 35.6 Å². The Morgan fingerprint density at radius 2 is 1.67 bits per heavy atom. The number of allylic oxidation sites excluding steroid dienone is 2. The van der Waals surface area contributed by atoms with E-state index in [-0.39, 0.29) is 23.8 Å². The molecule has 0 N–H and O–H groups in total. The molecule has 2 aliphatic rings. The van der Waals surface area contributed by atoms with Crippen molar-refractivity contribution in [2.75, 3.05) is 14.2 Å². The molecule has 0 fully saturated rings. The Kier molecular flexibility index (Phi) is 7.62. The van der Waals surface area contributed by atoms with Crippen LogP contribution in [-0.4, -0.2) is 37.8 Å². The zero-order chi connectivity index (χ0) is 26.0. The minimum Gasteiger partial charge on any atom is -0.493 e. The summed E-state index contributed by atoms with van der Waals surface area (Å²) in [5, 5.41) is 0. The second-order valence-corrected chi connectivity index (χ2v) is 9.78. The summed E-state index contributed by atoms with van der Waals surface area (Å²) >= 11 is 0. The molecule has 1 aliphatic carbocycles. The third kappa shape index (κ3) is 4.95. The summed E-state index contributed by atoms with van der Waals surface area (Å²) in [6.07, 6.45) is 1.49. The summed E-state index contributed by atoms with van der Waals surface area (Å²) in [6.45, 7) is 7.77. The first-order chi connectivity index (χ1) is 17.3. The predicted octanol–water partition coefficient (Wildman–Crippen LogP) is 5.93. The molecule has 1 heterocycles. The number of nitrogens with zero attached hydrogens (tertiary/aromatic N) is 1. The Hall–Kier alpha value is -3.41. The number of hydrogen-bond donors (Lipinski definition) is 0. The number of Topliss-reactive ketones (excluding diaryl/α,β-unsaturated/α-hetero) is 1. The lowest BCUT2D eigenvalue weighted by Gasteiger charge is -2.37. The molecule has 6 heteroatoms. The largest absolute Gasteiger partial charge is 0.493 e. The van der Waals surface area contributed by atoms with Crippen molar-refractivity contribution in [2.45, 2.75) is 64.9 Å². The van der Waals surface area contributed by atoms with Crippen molar-refractivity contribution in [2.24, 2.45) is 10.9 Å². The highest BCUT2D eigenvalue weighted by molar-refractivity contribution is 6.09. The number of esters is 1. The summed E-state index contributed by atoms with van der Waals surface area (Å²) in [6, 6.07) is 13.9. The van der Waals surface area contributed by atoms with Gasteiger partial charge in [-0.2, -0.15) is 0 Å². The molecule has 0 bridgehead atoms. The molecule has 1 aliphatic heterocycles. The SMILES string of the molecule is CC[C@@H](C)OC(=O)C1C(C)=NC2=C(C(=O)C[C@H](c3ccc(OC)c(OC)c3)C2)[C@@H]1c1ccc(C)cc1. The Labute approximate surface area is 213 Å². The molecule has 0 saturated carbocycles. The van der Waals surface area contributed by atoms with Crippen LogP contribution >= 0.6 is 0 Å². The van der Waals surface area contributed by atoms with Gasteiger partial charge in [0.15, 0.2) is 17.3 Å². The number of carbonyl (C=O) groups is 2. The van der Waals surface area contributed by atoms with E-state index in [4.69, 9.17) is 19.2 Å². The van der Waals surface area contributed by atoms with Crippen molar-refractivity contribution in [1.82, 2.24) is 0 Å². The van der Waals surface area contributed by atoms with Crippen molar-refractivity contribution in [3.8, 4) is 11.5 Å². The maximum absolute atomic E-state index is 13.8. The van der Waals surface area contributed by atoms with Crippen LogP contribution < -0.4 is 9.47 Å². The van der Waals surface area contributed by atoms with Crippen molar-refractivity contribution in [1.29, 1.82) is 0 Å². The lowest BCUT2D eigenvalue weighted by atomic mass is 9.69. The van der Waals surface area contributed by atoms with Gasteiger partial charge in [-0.1, -0.05) is 42.8 Å². The Morgan fingerprint density at radius 3 is 2.31 bits per heavy atom. The number of carbonyl (C=O) groups excluding carboxylic acids is 2. The molecule has 2 aromatic rings. The predicted molar refractivity (Wildman–Crippen MR) is 140 cm³/mol. The van der Waals surface area contributed by atoms with Crippen LogP contribution in [0, 0.1) is 12.8 Å². The van der Waals surface area contributed by atoms with E-state index in [9.17, 15) is 9.59 Å². The third-order valence-corrected chi connectivity index (χ3v) is 7.35. The molecule has 0 aromatic heterocycles. The van der Waals surface area contributed by atoms with Gasteiger partial charge in [0, 0.05) is 29.3 Å². The molecule has 4 atom stereocenters. The summed E-state index contributed by atoms with van der Waals surface area (Å²) in [5.74, 6) is -0.0740. The molecule has 36 heavy (non-hydrogen) atoms. The molecule has 0 amide bonds. The fourth-order valence-electron chi connectivity index (χ4n) is 5.20. The average molecular weight is 490 g/mol. The molecule has 0 radical (unpaired) electrons. The number of hydrogen-bond acceptors (Lipinski definition) is 6. The maximum atomic E-state index is 13.8. The number of ether oxygens (including phenoxy) is 3. The molecule has 0 spiro atoms. The topological polar surface area (TPSA) is 74.2 Å². The zero-order valence-corrected chi connectivity index (χ0v) is 22.0. The normalized spacial score (nSPS) is 22.4. The van der Waals surface area contributed by atoms with Crippen LogP contribution in [0.1, 0.15) is 68.6 Å². The molecule has 2 aromatic carbocycles. The van der Waals surface area contributed by atoms with Crippen molar-refractivity contribution < 1.29 is 23.8 Å². The van der Waals surface area contributed by atoms with E-state index in [1.54, 1.807) is 14.2 Å². The van der Waals surface area contributed by atoms with Crippen LogP contribution in [0.3, 0.4) is 0 Å². The van der Waals surface area contributed by atoms with E-state index in [1.165, 1.54) is 0 Å². The van der Waals surface area contributed by atoms with Crippen LogP contribution in [0.15, 0.2) is 58.7 Å². The Bertz CT molecular complexity index is 1210. The van der Waals surface area contributed by atoms with Crippen LogP contribution in [0.2, 0.25) is 0 Å². The first kappa shape index (κ1) is 25.7. The van der Waals surface area contributed by atoms with Gasteiger partial charge in [-0.15, -0.1) is 0 Å². The van der Waals surface area contributed by atoms with E-state index in [2.05, 4.69) is 0 Å². The van der Waals surface area contributed by atoms with Gasteiger partial charge >= 0.3 is 5.97 Å². The van der Waals surface area contributed by atoms with Gasteiger partial charge in [0.1, 0.15) is 5.92 Å². The van der Waals surface area contributed by atoms with Crippen LogP contribution in [0.5, 0.6) is 11.5 Å². The van der Waals surface area contributed by atoms with Gasteiger partial charge in [-0.05, 0) is 62.8 Å². The van der Waals surface area contributed by atoms with E-state index in [0.717, 1.165) is 28.8 Å². The highest BCUT2D eigenvalue weighted by atomic mass is 16.5. The molecular formula is C30H35NO5. The van der Waals surface area contributed by atoms with Crippen molar-refractivity contribution in [3.05, 3.63) is 70.4 Å². The quantitative estimate of drug-likeness (QED) is 0.451. The van der Waals surface area contributed by atoms with E-state index in [1.807, 2.05) is 70.2 Å². The van der Waals surface area contributed by atoms with Gasteiger partial charge in [-0.25, -0.2) is 0 Å². The second kappa shape index (κ2) is 10.7. The highest BCUT2D eigenvalue weighted by Crippen LogP contribution is 2.47. The van der Waals surface area contributed by atoms with Crippen LogP contribution in [0.25, 0.3) is 0 Å². The highest BCUT2D eigenvalue weighted by Gasteiger charge is 2.45. The number of aliphatic imine (C=N–C) groups is 1. The molecule has 6 nitrogen and oxygen atoms in total. The average Bonchev–Trinajstić information content (AvgIpc) is 2.87. The van der Waals surface area contributed by atoms with Crippen molar-refractivity contribution in [3.63, 3.8) is 0 Å². The standard InChI is InChI=1S/C30H35NO5/c1-7-18(3)36-30(33)27-19(4)31-23-14-22(21-12-13-25(34-5)26(16-21)35-6)15-24(32)29(23)28(27)20-10-8-17(2)9-11-20/h8-13,16,18,22,27-28H,7,14-15H2,1-6H3/t18-,22-,27?,28-/m1/s1. The number of methoxy groups -OCH3 is 2. The third-order valence-electron chi connectivity index (χ3n) is 7.35. The number of rotatable bonds is 7. The molecule has 1 unspecified atom stereocenters. The monoisotopic (exact) mass is 489 g/mol. The fourth-order valence-corrected chi connectivity index (χ4v) is 5.20. The molecule has 0 saturated heterocycles. The smallest absolute Gasteiger partial charge is 0.315 e. The molecule has 4 rings (SSSR count). The number of ketones is 1. The first-order valence-electron chi connectivity index (χ1n) is 12.6. The summed E-state index contributed by atoms with van der Waals surface area (Å²) < 4.78 is 16.6. The maximum Gasteiger partial charge on any atom is 0.315 e. The van der Waals surface area contributed by atoms with E-state index < -0.39 is 11.8 Å². The number of benzene rings is 2. The van der Waals surface area contributed by atoms with Gasteiger partial charge in [-0.3, -0.25) is 14.6 Å². The van der Waals surface area contributed by atoms with Gasteiger partial charge in [0.05, 0.1) is 20.3 Å². The summed E-state index contributed by atoms with van der Waals surface area (Å²) in [7, 11) is 3.21. The van der Waals surface area contributed by atoms with Crippen LogP contribution in [0.4, 0.5) is 0 Å². The minimum absolute atomic E-state index is 0.0270. The first-order valence-corrected chi connectivity index (χ1v) is 12.6. The fraction of sp³-hybridized carbons (Fsp3) is 0.433. The molecular weight excluding hydrogens is 454 g/mol. The summed E-state index contributed by atoms with van der Waals surface area (Å²) in [5.41, 5.74) is 5.16. The van der Waals surface area contributed by atoms with Crippen molar-refractivity contribution >= 4 is 17.5 Å². The van der Waals surface area contributed by atoms with Gasteiger partial charge in [0.2, 0.25) is 0 Å². The van der Waals surface area contributed by atoms with Crippen LogP contribution in [-0.2, 0) is 14.3 Å². The van der Waals surface area contributed by atoms with Gasteiger partial charge < -0.3 is 14.2 Å². The van der Waals surface area contributed by atoms with Gasteiger partial charge in [0.25, 0.3) is 0 Å². The number of aryl methyl sites for hydroxylation is 1.